The average molecular weight is 960 g/mol. The Kier molecular flexibility index (Phi) is 9.35. The minimum atomic E-state index is -0.248. The quantitative estimate of drug-likeness (QED) is 0.155. The van der Waals surface area contributed by atoms with Crippen LogP contribution in [-0.4, -0.2) is 9.13 Å². The normalized spacial score (nSPS) is 13.8. The molecule has 11 aromatic carbocycles. The molecule has 0 saturated heterocycles. The van der Waals surface area contributed by atoms with Gasteiger partial charge in [0.25, 0.3) is 0 Å². The number of para-hydroxylation sites is 4. The molecule has 2 heterocycles. The summed E-state index contributed by atoms with van der Waals surface area (Å²) in [4.78, 5) is 2.48. The van der Waals surface area contributed by atoms with Gasteiger partial charge >= 0.3 is 0 Å². The van der Waals surface area contributed by atoms with Crippen molar-refractivity contribution in [3.63, 3.8) is 0 Å². The predicted molar refractivity (Wildman–Crippen MR) is 316 cm³/mol. The summed E-state index contributed by atoms with van der Waals surface area (Å²) in [5.74, 6) is 0. The molecule has 75 heavy (non-hydrogen) atoms. The van der Waals surface area contributed by atoms with Crippen molar-refractivity contribution in [1.82, 2.24) is 9.13 Å². The molecule has 15 rings (SSSR count). The Morgan fingerprint density at radius 3 is 1.47 bits per heavy atom. The Morgan fingerprint density at radius 1 is 0.280 bits per heavy atom. The maximum atomic E-state index is 2.48. The summed E-state index contributed by atoms with van der Waals surface area (Å²) in [6.45, 7) is 9.56. The third kappa shape index (κ3) is 6.41. The number of nitrogens with zero attached hydrogens (tertiary/aromatic N) is 3. The molecule has 0 saturated carbocycles. The van der Waals surface area contributed by atoms with E-state index < -0.39 is 0 Å². The van der Waals surface area contributed by atoms with Gasteiger partial charge in [0, 0.05) is 60.8 Å². The van der Waals surface area contributed by atoms with E-state index in [1.54, 1.807) is 0 Å². The summed E-state index contributed by atoms with van der Waals surface area (Å²) in [5, 5.41) is 5.03. The SMILES string of the molecule is CC1(C)c2ccccc2-c2ccc(N(c3ccc(-c4ccc5c6ccccc6n(-c6ccccc6)c5c4)cc3)c3ccc4c(c3)C(C)(C)c3cccc(-c5ccc6c(c5)c5ccccc5n6-c5ccccc5)c3-4)cc21. The van der Waals surface area contributed by atoms with E-state index in [9.17, 15) is 0 Å². The van der Waals surface area contributed by atoms with E-state index in [1.807, 2.05) is 0 Å². The Hall–Kier alpha value is -9.18. The maximum Gasteiger partial charge on any atom is 0.0547 e. The Morgan fingerprint density at radius 2 is 0.760 bits per heavy atom. The fraction of sp³-hybridized carbons (Fsp3) is 0.0833. The van der Waals surface area contributed by atoms with E-state index in [1.165, 1.54) is 116 Å². The first-order valence-electron chi connectivity index (χ1n) is 26.3. The van der Waals surface area contributed by atoms with Crippen LogP contribution in [0.4, 0.5) is 17.1 Å². The van der Waals surface area contributed by atoms with Gasteiger partial charge in [0.2, 0.25) is 0 Å². The van der Waals surface area contributed by atoms with Crippen LogP contribution in [0.1, 0.15) is 49.9 Å². The summed E-state index contributed by atoms with van der Waals surface area (Å²) in [6.07, 6.45) is 0. The summed E-state index contributed by atoms with van der Waals surface area (Å²) in [5.41, 5.74) is 25.7. The highest BCUT2D eigenvalue weighted by Gasteiger charge is 2.39. The number of fused-ring (bicyclic) bond motifs is 12. The van der Waals surface area contributed by atoms with Crippen LogP contribution >= 0.6 is 0 Å². The van der Waals surface area contributed by atoms with Crippen LogP contribution in [0.2, 0.25) is 0 Å². The van der Waals surface area contributed by atoms with E-state index in [0.29, 0.717) is 0 Å². The fourth-order valence-electron chi connectivity index (χ4n) is 13.2. The lowest BCUT2D eigenvalue weighted by atomic mass is 9.81. The van der Waals surface area contributed by atoms with E-state index in [0.717, 1.165) is 22.7 Å². The standard InChI is InChI=1S/C72H53N3/c1-71(2)62-26-14-11-22-55(62)56-39-36-52(44-64(56)71)73(51-34-30-46(31-35-51)47-32-38-59-57-23-12-15-28-66(57)75(69(59)43-47)50-20-9-6-10-21-50)53-37-40-60-65(45-53)72(3,4)63-27-17-25-54(70(60)63)48-33-41-68-61(42-48)58-24-13-16-29-67(58)74(68)49-18-7-5-8-19-49/h5-45H,1-4H3. The monoisotopic (exact) mass is 959 g/mol. The van der Waals surface area contributed by atoms with Gasteiger partial charge in [-0.05, 0) is 158 Å². The van der Waals surface area contributed by atoms with Crippen molar-refractivity contribution in [3.8, 4) is 55.9 Å². The van der Waals surface area contributed by atoms with Crippen LogP contribution in [0.3, 0.4) is 0 Å². The largest absolute Gasteiger partial charge is 0.310 e. The predicted octanol–water partition coefficient (Wildman–Crippen LogP) is 19.3. The van der Waals surface area contributed by atoms with Crippen LogP contribution < -0.4 is 4.90 Å². The molecule has 0 N–H and O–H groups in total. The van der Waals surface area contributed by atoms with Gasteiger partial charge in [-0.25, -0.2) is 0 Å². The van der Waals surface area contributed by atoms with Crippen LogP contribution in [-0.2, 0) is 10.8 Å². The molecule has 0 radical (unpaired) electrons. The molecule has 0 unspecified atom stereocenters. The minimum Gasteiger partial charge on any atom is -0.310 e. The molecule has 13 aromatic rings. The number of benzene rings is 11. The van der Waals surface area contributed by atoms with Crippen molar-refractivity contribution in [2.45, 2.75) is 38.5 Å². The molecule has 2 aliphatic carbocycles. The van der Waals surface area contributed by atoms with E-state index in [2.05, 4.69) is 290 Å². The maximum absolute atomic E-state index is 2.48. The Labute approximate surface area is 437 Å². The lowest BCUT2D eigenvalue weighted by Crippen LogP contribution is -2.18. The molecule has 2 aromatic heterocycles. The Bertz CT molecular complexity index is 4450. The van der Waals surface area contributed by atoms with E-state index in [4.69, 9.17) is 0 Å². The van der Waals surface area contributed by atoms with E-state index >= 15 is 0 Å². The summed E-state index contributed by atoms with van der Waals surface area (Å²) >= 11 is 0. The number of rotatable bonds is 7. The Balaban J connectivity index is 0.864. The fourth-order valence-corrected chi connectivity index (χ4v) is 13.2. The highest BCUT2D eigenvalue weighted by Crippen LogP contribution is 2.55. The smallest absolute Gasteiger partial charge is 0.0547 e. The van der Waals surface area contributed by atoms with Gasteiger partial charge < -0.3 is 14.0 Å². The molecule has 3 heteroatoms. The molecule has 0 amide bonds. The highest BCUT2D eigenvalue weighted by molar-refractivity contribution is 6.12. The zero-order valence-corrected chi connectivity index (χ0v) is 42.5. The second kappa shape index (κ2) is 16.2. The van der Waals surface area contributed by atoms with Crippen molar-refractivity contribution >= 4 is 60.7 Å². The lowest BCUT2D eigenvalue weighted by Gasteiger charge is -2.30. The van der Waals surface area contributed by atoms with Gasteiger partial charge in [-0.15, -0.1) is 0 Å². The van der Waals surface area contributed by atoms with Crippen molar-refractivity contribution in [1.29, 1.82) is 0 Å². The first-order chi connectivity index (χ1) is 36.7. The van der Waals surface area contributed by atoms with Crippen molar-refractivity contribution in [2.75, 3.05) is 4.90 Å². The number of anilines is 3. The summed E-state index contributed by atoms with van der Waals surface area (Å²) in [6, 6.07) is 92.5. The molecule has 0 aliphatic heterocycles. The van der Waals surface area contributed by atoms with Gasteiger partial charge in [-0.1, -0.05) is 185 Å². The minimum absolute atomic E-state index is 0.143. The topological polar surface area (TPSA) is 13.1 Å². The van der Waals surface area contributed by atoms with Crippen molar-refractivity contribution in [3.05, 3.63) is 271 Å². The van der Waals surface area contributed by atoms with Crippen molar-refractivity contribution in [2.24, 2.45) is 0 Å². The molecule has 3 nitrogen and oxygen atoms in total. The average Bonchev–Trinajstić information content (AvgIpc) is 4.13. The second-order valence-electron chi connectivity index (χ2n) is 21.7. The molecule has 0 atom stereocenters. The van der Waals surface area contributed by atoms with Gasteiger partial charge in [0.15, 0.2) is 0 Å². The molecule has 0 fully saturated rings. The molecule has 0 spiro atoms. The summed E-state index contributed by atoms with van der Waals surface area (Å²) < 4.78 is 4.80. The molecule has 0 bridgehead atoms. The van der Waals surface area contributed by atoms with Crippen LogP contribution in [0.5, 0.6) is 0 Å². The van der Waals surface area contributed by atoms with E-state index in [-0.39, 0.29) is 10.8 Å². The number of aromatic nitrogens is 2. The number of hydrogen-bond acceptors (Lipinski definition) is 1. The van der Waals surface area contributed by atoms with Crippen molar-refractivity contribution < 1.29 is 0 Å². The van der Waals surface area contributed by atoms with Crippen LogP contribution in [0, 0.1) is 0 Å². The third-order valence-electron chi connectivity index (χ3n) is 16.9. The van der Waals surface area contributed by atoms with Gasteiger partial charge in [-0.3, -0.25) is 0 Å². The summed E-state index contributed by atoms with van der Waals surface area (Å²) in [7, 11) is 0. The van der Waals surface area contributed by atoms with Gasteiger partial charge in [0.05, 0.1) is 22.1 Å². The number of hydrogen-bond donors (Lipinski definition) is 0. The van der Waals surface area contributed by atoms with Gasteiger partial charge in [-0.2, -0.15) is 0 Å². The van der Waals surface area contributed by atoms with Crippen LogP contribution in [0.25, 0.3) is 99.5 Å². The zero-order valence-electron chi connectivity index (χ0n) is 42.5. The molecule has 2 aliphatic rings. The molecule has 356 valence electrons. The molecular weight excluding hydrogens is 907 g/mol. The lowest BCUT2D eigenvalue weighted by molar-refractivity contribution is 0.660. The third-order valence-corrected chi connectivity index (χ3v) is 16.9. The second-order valence-corrected chi connectivity index (χ2v) is 21.7. The first kappa shape index (κ1) is 43.4. The molecular formula is C72H53N3. The highest BCUT2D eigenvalue weighted by atomic mass is 15.1. The van der Waals surface area contributed by atoms with Gasteiger partial charge in [0.1, 0.15) is 0 Å². The first-order valence-corrected chi connectivity index (χ1v) is 26.3. The zero-order chi connectivity index (χ0) is 50.2. The van der Waals surface area contributed by atoms with Crippen LogP contribution in [0.15, 0.2) is 249 Å².